The van der Waals surface area contributed by atoms with Gasteiger partial charge in [-0.2, -0.15) is 11.8 Å². The van der Waals surface area contributed by atoms with E-state index >= 15 is 0 Å². The fourth-order valence-electron chi connectivity index (χ4n) is 1.86. The fraction of sp³-hybridized carbons (Fsp3) is 0.625. The topological polar surface area (TPSA) is 45.2 Å². The maximum absolute atomic E-state index is 12.5. The first-order valence-corrected chi connectivity index (χ1v) is 8.89. The average Bonchev–Trinajstić information content (AvgIpc) is 2.49. The number of carbonyl (C=O) groups is 1. The van der Waals surface area contributed by atoms with Gasteiger partial charge in [0.05, 0.1) is 0 Å². The Morgan fingerprint density at radius 3 is 2.71 bits per heavy atom. The van der Waals surface area contributed by atoms with Gasteiger partial charge in [0.1, 0.15) is 5.82 Å². The SMILES string of the molecule is CCCNc1cc(C(=O)N(C)CCSC)cc(C(C)C)n1. The van der Waals surface area contributed by atoms with Gasteiger partial charge in [0.25, 0.3) is 5.91 Å². The average molecular weight is 309 g/mol. The van der Waals surface area contributed by atoms with Gasteiger partial charge < -0.3 is 10.2 Å². The van der Waals surface area contributed by atoms with E-state index in [1.807, 2.05) is 25.4 Å². The summed E-state index contributed by atoms with van der Waals surface area (Å²) in [6, 6.07) is 3.78. The molecule has 1 rings (SSSR count). The number of rotatable bonds is 8. The number of pyridine rings is 1. The van der Waals surface area contributed by atoms with Crippen LogP contribution in [0, 0.1) is 0 Å². The summed E-state index contributed by atoms with van der Waals surface area (Å²) in [5, 5.41) is 3.28. The number of nitrogens with zero attached hydrogens (tertiary/aromatic N) is 2. The molecule has 0 bridgehead atoms. The van der Waals surface area contributed by atoms with Crippen molar-refractivity contribution in [3.63, 3.8) is 0 Å². The Hall–Kier alpha value is -1.23. The second kappa shape index (κ2) is 8.93. The second-order valence-corrected chi connectivity index (χ2v) is 6.45. The van der Waals surface area contributed by atoms with E-state index in [9.17, 15) is 4.79 Å². The number of nitrogens with one attached hydrogen (secondary N) is 1. The molecule has 0 spiro atoms. The van der Waals surface area contributed by atoms with Gasteiger partial charge in [-0.05, 0) is 30.7 Å². The number of amides is 1. The predicted octanol–water partition coefficient (Wildman–Crippen LogP) is 3.46. The van der Waals surface area contributed by atoms with Crippen molar-refractivity contribution in [2.45, 2.75) is 33.1 Å². The number of carbonyl (C=O) groups excluding carboxylic acids is 1. The molecule has 0 fully saturated rings. The summed E-state index contributed by atoms with van der Waals surface area (Å²) in [5.41, 5.74) is 1.67. The molecule has 1 aromatic heterocycles. The van der Waals surface area contributed by atoms with Crippen molar-refractivity contribution in [3.05, 3.63) is 23.4 Å². The van der Waals surface area contributed by atoms with Crippen LogP contribution in [0.3, 0.4) is 0 Å². The summed E-state index contributed by atoms with van der Waals surface area (Å²) in [4.78, 5) is 18.9. The molecular formula is C16H27N3OS. The standard InChI is InChI=1S/C16H27N3OS/c1-6-7-17-15-11-13(10-14(18-15)12(2)3)16(20)19(4)8-9-21-5/h10-12H,6-9H2,1-5H3,(H,17,18). The fourth-order valence-corrected chi connectivity index (χ4v) is 2.32. The molecule has 0 aliphatic carbocycles. The van der Waals surface area contributed by atoms with Crippen molar-refractivity contribution < 1.29 is 4.79 Å². The minimum absolute atomic E-state index is 0.0629. The van der Waals surface area contributed by atoms with Crippen LogP contribution in [0.25, 0.3) is 0 Å². The molecular weight excluding hydrogens is 282 g/mol. The van der Waals surface area contributed by atoms with Crippen LogP contribution in [0.5, 0.6) is 0 Å². The maximum atomic E-state index is 12.5. The van der Waals surface area contributed by atoms with E-state index < -0.39 is 0 Å². The normalized spacial score (nSPS) is 10.8. The predicted molar refractivity (Wildman–Crippen MR) is 92.4 cm³/mol. The van der Waals surface area contributed by atoms with Crippen LogP contribution in [0.2, 0.25) is 0 Å². The van der Waals surface area contributed by atoms with Gasteiger partial charge in [-0.3, -0.25) is 4.79 Å². The zero-order valence-corrected chi connectivity index (χ0v) is 14.6. The number of thioether (sulfide) groups is 1. The highest BCUT2D eigenvalue weighted by Gasteiger charge is 2.15. The number of hydrogen-bond donors (Lipinski definition) is 1. The first-order valence-electron chi connectivity index (χ1n) is 7.49. The molecule has 0 atom stereocenters. The van der Waals surface area contributed by atoms with Crippen molar-refractivity contribution in [2.24, 2.45) is 0 Å². The summed E-state index contributed by atoms with van der Waals surface area (Å²) in [5.74, 6) is 2.11. The van der Waals surface area contributed by atoms with Crippen LogP contribution in [0.1, 0.15) is 49.2 Å². The molecule has 5 heteroatoms. The minimum Gasteiger partial charge on any atom is -0.370 e. The molecule has 1 heterocycles. The number of aromatic nitrogens is 1. The molecule has 0 aromatic carbocycles. The van der Waals surface area contributed by atoms with Crippen LogP contribution in [0.4, 0.5) is 5.82 Å². The van der Waals surface area contributed by atoms with Crippen LogP contribution >= 0.6 is 11.8 Å². The zero-order valence-electron chi connectivity index (χ0n) is 13.8. The highest BCUT2D eigenvalue weighted by atomic mass is 32.2. The van der Waals surface area contributed by atoms with Gasteiger partial charge in [0.2, 0.25) is 0 Å². The summed E-state index contributed by atoms with van der Waals surface area (Å²) >= 11 is 1.75. The molecule has 0 saturated carbocycles. The van der Waals surface area contributed by atoms with Gasteiger partial charge in [-0.1, -0.05) is 20.8 Å². The molecule has 1 N–H and O–H groups in total. The van der Waals surface area contributed by atoms with Crippen LogP contribution in [0.15, 0.2) is 12.1 Å². The van der Waals surface area contributed by atoms with Crippen molar-refractivity contribution in [2.75, 3.05) is 37.5 Å². The van der Waals surface area contributed by atoms with Crippen LogP contribution in [-0.2, 0) is 0 Å². The minimum atomic E-state index is 0.0629. The lowest BCUT2D eigenvalue weighted by molar-refractivity contribution is 0.0803. The van der Waals surface area contributed by atoms with E-state index in [1.165, 1.54) is 0 Å². The summed E-state index contributed by atoms with van der Waals surface area (Å²) in [6.07, 6.45) is 3.08. The van der Waals surface area contributed by atoms with E-state index in [2.05, 4.69) is 31.1 Å². The Morgan fingerprint density at radius 2 is 2.14 bits per heavy atom. The van der Waals surface area contributed by atoms with E-state index in [4.69, 9.17) is 0 Å². The van der Waals surface area contributed by atoms with Crippen molar-refractivity contribution in [3.8, 4) is 0 Å². The molecule has 0 saturated heterocycles. The molecule has 1 amide bonds. The molecule has 21 heavy (non-hydrogen) atoms. The smallest absolute Gasteiger partial charge is 0.253 e. The van der Waals surface area contributed by atoms with Gasteiger partial charge in [0.15, 0.2) is 0 Å². The second-order valence-electron chi connectivity index (χ2n) is 5.47. The Balaban J connectivity index is 2.98. The molecule has 0 radical (unpaired) electrons. The molecule has 118 valence electrons. The van der Waals surface area contributed by atoms with Gasteiger partial charge in [0, 0.05) is 37.1 Å². The number of hydrogen-bond acceptors (Lipinski definition) is 4. The first kappa shape index (κ1) is 17.8. The summed E-state index contributed by atoms with van der Waals surface area (Å²) < 4.78 is 0. The molecule has 0 unspecified atom stereocenters. The Labute approximate surface area is 132 Å². The van der Waals surface area contributed by atoms with E-state index in [0.717, 1.165) is 42.3 Å². The van der Waals surface area contributed by atoms with Crippen LogP contribution < -0.4 is 5.32 Å². The van der Waals surface area contributed by atoms with E-state index in [1.54, 1.807) is 16.7 Å². The largest absolute Gasteiger partial charge is 0.370 e. The monoisotopic (exact) mass is 309 g/mol. The Bertz CT molecular complexity index is 463. The third-order valence-corrected chi connectivity index (χ3v) is 3.81. The lowest BCUT2D eigenvalue weighted by atomic mass is 10.1. The van der Waals surface area contributed by atoms with E-state index in [-0.39, 0.29) is 5.91 Å². The van der Waals surface area contributed by atoms with Crippen molar-refractivity contribution >= 4 is 23.5 Å². The molecule has 0 aliphatic rings. The Kier molecular flexibility index (Phi) is 7.57. The van der Waals surface area contributed by atoms with Gasteiger partial charge >= 0.3 is 0 Å². The van der Waals surface area contributed by atoms with Crippen molar-refractivity contribution in [1.29, 1.82) is 0 Å². The maximum Gasteiger partial charge on any atom is 0.253 e. The third-order valence-electron chi connectivity index (χ3n) is 3.22. The summed E-state index contributed by atoms with van der Waals surface area (Å²) in [7, 11) is 1.85. The van der Waals surface area contributed by atoms with Gasteiger partial charge in [-0.15, -0.1) is 0 Å². The highest BCUT2D eigenvalue weighted by molar-refractivity contribution is 7.98. The number of anilines is 1. The molecule has 1 aromatic rings. The third kappa shape index (κ3) is 5.58. The zero-order chi connectivity index (χ0) is 15.8. The highest BCUT2D eigenvalue weighted by Crippen LogP contribution is 2.19. The quantitative estimate of drug-likeness (QED) is 0.799. The first-order chi connectivity index (χ1) is 9.99. The lowest BCUT2D eigenvalue weighted by Crippen LogP contribution is -2.29. The van der Waals surface area contributed by atoms with E-state index in [0.29, 0.717) is 5.92 Å². The lowest BCUT2D eigenvalue weighted by Gasteiger charge is -2.18. The Morgan fingerprint density at radius 1 is 1.43 bits per heavy atom. The summed E-state index contributed by atoms with van der Waals surface area (Å²) in [6.45, 7) is 7.93. The van der Waals surface area contributed by atoms with Gasteiger partial charge in [-0.25, -0.2) is 4.98 Å². The molecule has 0 aliphatic heterocycles. The van der Waals surface area contributed by atoms with Crippen LogP contribution in [-0.4, -0.2) is 47.9 Å². The van der Waals surface area contributed by atoms with Crippen molar-refractivity contribution in [1.82, 2.24) is 9.88 Å². The molecule has 4 nitrogen and oxygen atoms in total.